The van der Waals surface area contributed by atoms with Crippen molar-refractivity contribution >= 4 is 0 Å². The smallest absolute Gasteiger partial charge is 0.165 e. The van der Waals surface area contributed by atoms with Gasteiger partial charge >= 0.3 is 0 Å². The molecule has 1 aliphatic carbocycles. The number of aryl methyl sites for hydroxylation is 1. The molecule has 0 atom stereocenters. The molecule has 15 heavy (non-hydrogen) atoms. The molecule has 0 amide bonds. The Balaban J connectivity index is 2.55. The number of halogens is 1. The number of phenols is 1. The number of hydrogen-bond donors (Lipinski definition) is 2. The van der Waals surface area contributed by atoms with Crippen molar-refractivity contribution in [3.63, 3.8) is 0 Å². The lowest BCUT2D eigenvalue weighted by Gasteiger charge is -2.42. The quantitative estimate of drug-likeness (QED) is 0.784. The van der Waals surface area contributed by atoms with Gasteiger partial charge in [0.05, 0.1) is 0 Å². The van der Waals surface area contributed by atoms with Crippen molar-refractivity contribution in [3.8, 4) is 5.75 Å². The first-order valence-electron chi connectivity index (χ1n) is 5.29. The normalized spacial score (nSPS) is 18.6. The average molecular weight is 209 g/mol. The Labute approximate surface area is 88.9 Å². The predicted octanol–water partition coefficient (Wildman–Crippen LogP) is 2.22. The van der Waals surface area contributed by atoms with Gasteiger partial charge in [-0.3, -0.25) is 0 Å². The summed E-state index contributed by atoms with van der Waals surface area (Å²) < 4.78 is 13.3. The van der Waals surface area contributed by atoms with Gasteiger partial charge < -0.3 is 10.8 Å². The SMILES string of the molecule is Cc1ccc(F)c(O)c1C1(CN)CCC1. The van der Waals surface area contributed by atoms with E-state index < -0.39 is 5.82 Å². The number of aromatic hydroxyl groups is 1. The summed E-state index contributed by atoms with van der Waals surface area (Å²) in [7, 11) is 0. The molecule has 82 valence electrons. The zero-order valence-electron chi connectivity index (χ0n) is 8.89. The first-order chi connectivity index (χ1) is 7.10. The molecule has 0 heterocycles. The van der Waals surface area contributed by atoms with E-state index >= 15 is 0 Å². The van der Waals surface area contributed by atoms with E-state index in [1.807, 2.05) is 6.92 Å². The average Bonchev–Trinajstić information content (AvgIpc) is 2.16. The van der Waals surface area contributed by atoms with E-state index in [0.717, 1.165) is 30.4 Å². The molecule has 1 aliphatic rings. The summed E-state index contributed by atoms with van der Waals surface area (Å²) in [5.41, 5.74) is 7.22. The van der Waals surface area contributed by atoms with Crippen LogP contribution in [0.25, 0.3) is 0 Å². The van der Waals surface area contributed by atoms with Crippen molar-refractivity contribution in [2.24, 2.45) is 5.73 Å². The van der Waals surface area contributed by atoms with Crippen LogP contribution >= 0.6 is 0 Å². The van der Waals surface area contributed by atoms with Gasteiger partial charge in [-0.05, 0) is 31.4 Å². The van der Waals surface area contributed by atoms with E-state index in [2.05, 4.69) is 0 Å². The van der Waals surface area contributed by atoms with Gasteiger partial charge in [-0.15, -0.1) is 0 Å². The third-order valence-electron chi connectivity index (χ3n) is 3.57. The Hall–Kier alpha value is -1.09. The molecule has 1 saturated carbocycles. The third kappa shape index (κ3) is 1.42. The van der Waals surface area contributed by atoms with Crippen LogP contribution < -0.4 is 5.73 Å². The highest BCUT2D eigenvalue weighted by atomic mass is 19.1. The highest BCUT2D eigenvalue weighted by Crippen LogP contribution is 2.47. The standard InChI is InChI=1S/C12H16FNO/c1-8-3-4-9(13)11(15)10(8)12(7-14)5-2-6-12/h3-4,15H,2,5-7,14H2,1H3. The van der Waals surface area contributed by atoms with Crippen LogP contribution in [0.4, 0.5) is 4.39 Å². The molecule has 0 aromatic heterocycles. The van der Waals surface area contributed by atoms with Gasteiger partial charge in [0.2, 0.25) is 0 Å². The molecule has 0 aliphatic heterocycles. The van der Waals surface area contributed by atoms with Crippen molar-refractivity contribution in [3.05, 3.63) is 29.1 Å². The van der Waals surface area contributed by atoms with Crippen LogP contribution in [0.15, 0.2) is 12.1 Å². The molecule has 0 radical (unpaired) electrons. The molecule has 1 aromatic carbocycles. The minimum absolute atomic E-state index is 0.184. The van der Waals surface area contributed by atoms with Gasteiger partial charge in [-0.25, -0.2) is 4.39 Å². The molecule has 3 heteroatoms. The molecular formula is C12H16FNO. The largest absolute Gasteiger partial charge is 0.505 e. The first kappa shape index (κ1) is 10.4. The van der Waals surface area contributed by atoms with Crippen LogP contribution in [0, 0.1) is 12.7 Å². The zero-order chi connectivity index (χ0) is 11.1. The fourth-order valence-corrected chi connectivity index (χ4v) is 2.50. The highest BCUT2D eigenvalue weighted by molar-refractivity contribution is 5.46. The van der Waals surface area contributed by atoms with Crippen LogP contribution in [0.3, 0.4) is 0 Å². The predicted molar refractivity (Wildman–Crippen MR) is 57.4 cm³/mol. The molecule has 3 N–H and O–H groups in total. The minimum Gasteiger partial charge on any atom is -0.505 e. The molecule has 1 fully saturated rings. The highest BCUT2D eigenvalue weighted by Gasteiger charge is 2.40. The van der Waals surface area contributed by atoms with E-state index in [1.165, 1.54) is 6.07 Å². The molecule has 2 nitrogen and oxygen atoms in total. The number of phenolic OH excluding ortho intramolecular Hbond substituents is 1. The molecule has 2 rings (SSSR count). The number of benzene rings is 1. The summed E-state index contributed by atoms with van der Waals surface area (Å²) in [6, 6.07) is 3.01. The Bertz CT molecular complexity index is 380. The molecule has 0 bridgehead atoms. The van der Waals surface area contributed by atoms with Gasteiger partial charge in [-0.1, -0.05) is 12.5 Å². The summed E-state index contributed by atoms with van der Waals surface area (Å²) in [5.74, 6) is -0.754. The maximum Gasteiger partial charge on any atom is 0.165 e. The van der Waals surface area contributed by atoms with Gasteiger partial charge in [0.1, 0.15) is 0 Å². The fraction of sp³-hybridized carbons (Fsp3) is 0.500. The lowest BCUT2D eigenvalue weighted by Crippen LogP contribution is -2.42. The monoisotopic (exact) mass is 209 g/mol. The Morgan fingerprint density at radius 1 is 1.47 bits per heavy atom. The fourth-order valence-electron chi connectivity index (χ4n) is 2.50. The second-order valence-corrected chi connectivity index (χ2v) is 4.43. The summed E-state index contributed by atoms with van der Waals surface area (Å²) in [4.78, 5) is 0. The topological polar surface area (TPSA) is 46.2 Å². The lowest BCUT2D eigenvalue weighted by atomic mass is 9.63. The number of nitrogens with two attached hydrogens (primary N) is 1. The van der Waals surface area contributed by atoms with Crippen LogP contribution in [0.5, 0.6) is 5.75 Å². The minimum atomic E-state index is -0.546. The Morgan fingerprint density at radius 2 is 2.13 bits per heavy atom. The maximum atomic E-state index is 13.3. The van der Waals surface area contributed by atoms with E-state index in [4.69, 9.17) is 5.73 Å². The summed E-state index contributed by atoms with van der Waals surface area (Å²) in [6.07, 6.45) is 3.00. The van der Waals surface area contributed by atoms with Crippen molar-refractivity contribution in [2.45, 2.75) is 31.6 Å². The van der Waals surface area contributed by atoms with Crippen molar-refractivity contribution in [1.29, 1.82) is 0 Å². The van der Waals surface area contributed by atoms with Gasteiger partial charge in [0, 0.05) is 17.5 Å². The molecule has 0 spiro atoms. The van der Waals surface area contributed by atoms with Crippen molar-refractivity contribution in [1.82, 2.24) is 0 Å². The maximum absolute atomic E-state index is 13.3. The summed E-state index contributed by atoms with van der Waals surface area (Å²) in [6.45, 7) is 2.37. The van der Waals surface area contributed by atoms with Crippen LogP contribution in [0.2, 0.25) is 0 Å². The van der Waals surface area contributed by atoms with Gasteiger partial charge in [0.15, 0.2) is 11.6 Å². The van der Waals surface area contributed by atoms with Gasteiger partial charge in [0.25, 0.3) is 0 Å². The van der Waals surface area contributed by atoms with Crippen molar-refractivity contribution in [2.75, 3.05) is 6.54 Å². The Morgan fingerprint density at radius 3 is 2.60 bits per heavy atom. The van der Waals surface area contributed by atoms with Gasteiger partial charge in [-0.2, -0.15) is 0 Å². The molecular weight excluding hydrogens is 193 g/mol. The van der Waals surface area contributed by atoms with Crippen LogP contribution in [-0.2, 0) is 5.41 Å². The van der Waals surface area contributed by atoms with Crippen LogP contribution in [0.1, 0.15) is 30.4 Å². The lowest BCUT2D eigenvalue weighted by molar-refractivity contribution is 0.241. The zero-order valence-corrected chi connectivity index (χ0v) is 8.89. The van der Waals surface area contributed by atoms with Crippen LogP contribution in [-0.4, -0.2) is 11.7 Å². The van der Waals surface area contributed by atoms with E-state index in [0.29, 0.717) is 6.54 Å². The second kappa shape index (κ2) is 3.49. The molecule has 1 aromatic rings. The summed E-state index contributed by atoms with van der Waals surface area (Å²) in [5, 5.41) is 9.78. The molecule has 0 saturated heterocycles. The number of rotatable bonds is 2. The number of hydrogen-bond acceptors (Lipinski definition) is 2. The second-order valence-electron chi connectivity index (χ2n) is 4.43. The summed E-state index contributed by atoms with van der Waals surface area (Å²) >= 11 is 0. The van der Waals surface area contributed by atoms with E-state index in [-0.39, 0.29) is 11.2 Å². The van der Waals surface area contributed by atoms with Crippen molar-refractivity contribution < 1.29 is 9.50 Å². The van der Waals surface area contributed by atoms with E-state index in [9.17, 15) is 9.50 Å². The first-order valence-corrected chi connectivity index (χ1v) is 5.29. The molecule has 0 unspecified atom stereocenters. The van der Waals surface area contributed by atoms with E-state index in [1.54, 1.807) is 6.07 Å². The Kier molecular flexibility index (Phi) is 2.43. The third-order valence-corrected chi connectivity index (χ3v) is 3.57.